The van der Waals surface area contributed by atoms with Gasteiger partial charge in [0.25, 0.3) is 0 Å². The molecule has 0 bridgehead atoms. The lowest BCUT2D eigenvalue weighted by Gasteiger charge is -2.29. The van der Waals surface area contributed by atoms with E-state index in [0.29, 0.717) is 4.32 Å². The molecule has 0 atom stereocenters. The minimum Gasteiger partial charge on any atom is -0.325 e. The molecule has 0 aromatic heterocycles. The van der Waals surface area contributed by atoms with Crippen LogP contribution < -0.4 is 5.73 Å². The SMILES string of the molecule is CC1(N)CCCCC(C)(Br)CCCC1. The minimum absolute atomic E-state index is 0.0973. The summed E-state index contributed by atoms with van der Waals surface area (Å²) >= 11 is 3.83. The van der Waals surface area contributed by atoms with Gasteiger partial charge in [-0.25, -0.2) is 0 Å². The van der Waals surface area contributed by atoms with Crippen molar-refractivity contribution in [3.8, 4) is 0 Å². The van der Waals surface area contributed by atoms with Crippen molar-refractivity contribution < 1.29 is 0 Å². The summed E-state index contributed by atoms with van der Waals surface area (Å²) in [5.74, 6) is 0. The van der Waals surface area contributed by atoms with Crippen LogP contribution in [0.1, 0.15) is 65.2 Å². The van der Waals surface area contributed by atoms with Gasteiger partial charge >= 0.3 is 0 Å². The van der Waals surface area contributed by atoms with Crippen molar-refractivity contribution in [2.45, 2.75) is 75.1 Å². The third kappa shape index (κ3) is 4.79. The lowest BCUT2D eigenvalue weighted by atomic mass is 9.85. The van der Waals surface area contributed by atoms with Crippen molar-refractivity contribution in [3.05, 3.63) is 0 Å². The highest BCUT2D eigenvalue weighted by Gasteiger charge is 2.23. The lowest BCUT2D eigenvalue weighted by molar-refractivity contribution is 0.341. The number of hydrogen-bond acceptors (Lipinski definition) is 1. The maximum atomic E-state index is 6.22. The van der Waals surface area contributed by atoms with Crippen LogP contribution in [0.4, 0.5) is 0 Å². The van der Waals surface area contributed by atoms with Crippen LogP contribution in [0, 0.1) is 0 Å². The number of rotatable bonds is 0. The standard InChI is InChI=1S/C12H24BrN/c1-11(13)7-3-5-9-12(2,14)10-6-4-8-11/h3-10,14H2,1-2H3. The largest absolute Gasteiger partial charge is 0.325 e. The van der Waals surface area contributed by atoms with E-state index in [9.17, 15) is 0 Å². The van der Waals surface area contributed by atoms with E-state index in [0.717, 1.165) is 0 Å². The van der Waals surface area contributed by atoms with Gasteiger partial charge in [0, 0.05) is 9.86 Å². The fraction of sp³-hybridized carbons (Fsp3) is 1.00. The van der Waals surface area contributed by atoms with E-state index < -0.39 is 0 Å². The topological polar surface area (TPSA) is 26.0 Å². The highest BCUT2D eigenvalue weighted by atomic mass is 79.9. The Morgan fingerprint density at radius 3 is 1.64 bits per heavy atom. The molecule has 14 heavy (non-hydrogen) atoms. The van der Waals surface area contributed by atoms with Crippen LogP contribution in [-0.2, 0) is 0 Å². The maximum Gasteiger partial charge on any atom is 0.0229 e. The van der Waals surface area contributed by atoms with E-state index >= 15 is 0 Å². The molecule has 0 radical (unpaired) electrons. The second-order valence-corrected chi connectivity index (χ2v) is 7.40. The molecular weight excluding hydrogens is 238 g/mol. The fourth-order valence-electron chi connectivity index (χ4n) is 2.29. The van der Waals surface area contributed by atoms with E-state index in [-0.39, 0.29) is 5.54 Å². The fourth-order valence-corrected chi connectivity index (χ4v) is 2.86. The Labute approximate surface area is 97.0 Å². The number of nitrogens with two attached hydrogens (primary N) is 1. The third-order valence-corrected chi connectivity index (χ3v) is 4.18. The van der Waals surface area contributed by atoms with Crippen molar-refractivity contribution in [2.24, 2.45) is 5.73 Å². The van der Waals surface area contributed by atoms with Crippen LogP contribution >= 0.6 is 15.9 Å². The molecule has 1 aliphatic carbocycles. The van der Waals surface area contributed by atoms with Crippen molar-refractivity contribution in [1.29, 1.82) is 0 Å². The molecule has 0 spiro atoms. The highest BCUT2D eigenvalue weighted by molar-refractivity contribution is 9.10. The molecule has 0 aromatic carbocycles. The molecule has 0 unspecified atom stereocenters. The van der Waals surface area contributed by atoms with Crippen LogP contribution in [0.25, 0.3) is 0 Å². The van der Waals surface area contributed by atoms with E-state index in [1.165, 1.54) is 51.4 Å². The zero-order valence-corrected chi connectivity index (χ0v) is 11.2. The molecule has 0 aromatic rings. The predicted molar refractivity (Wildman–Crippen MR) is 66.9 cm³/mol. The van der Waals surface area contributed by atoms with Crippen LogP contribution in [0.3, 0.4) is 0 Å². The monoisotopic (exact) mass is 261 g/mol. The zero-order chi connectivity index (χ0) is 10.7. The number of alkyl halides is 1. The Bertz CT molecular complexity index is 139. The summed E-state index contributed by atoms with van der Waals surface area (Å²) in [6.45, 7) is 4.54. The van der Waals surface area contributed by atoms with Gasteiger partial charge in [0.2, 0.25) is 0 Å². The van der Waals surface area contributed by atoms with Crippen molar-refractivity contribution >= 4 is 15.9 Å². The number of halogens is 1. The lowest BCUT2D eigenvalue weighted by Crippen LogP contribution is -2.36. The van der Waals surface area contributed by atoms with Crippen LogP contribution in [0.15, 0.2) is 0 Å². The van der Waals surface area contributed by atoms with Gasteiger partial charge in [-0.1, -0.05) is 41.6 Å². The van der Waals surface area contributed by atoms with Crippen molar-refractivity contribution in [1.82, 2.24) is 0 Å². The molecule has 0 amide bonds. The first-order chi connectivity index (χ1) is 6.41. The second-order valence-electron chi connectivity index (χ2n) is 5.48. The average molecular weight is 262 g/mol. The van der Waals surface area contributed by atoms with Crippen molar-refractivity contribution in [2.75, 3.05) is 0 Å². The molecule has 1 saturated carbocycles. The van der Waals surface area contributed by atoms with Gasteiger partial charge in [-0.15, -0.1) is 0 Å². The summed E-state index contributed by atoms with van der Waals surface area (Å²) in [6.07, 6.45) is 10.2. The maximum absolute atomic E-state index is 6.22. The van der Waals surface area contributed by atoms with Gasteiger partial charge < -0.3 is 5.73 Å². The molecule has 2 N–H and O–H groups in total. The molecule has 0 heterocycles. The molecule has 1 rings (SSSR count). The Hall–Kier alpha value is 0.440. The van der Waals surface area contributed by atoms with Gasteiger partial charge in [0.1, 0.15) is 0 Å². The molecule has 84 valence electrons. The first-order valence-corrected chi connectivity index (χ1v) is 6.68. The summed E-state index contributed by atoms with van der Waals surface area (Å²) < 4.78 is 0.384. The summed E-state index contributed by atoms with van der Waals surface area (Å²) in [5, 5.41) is 0. The number of hydrogen-bond donors (Lipinski definition) is 1. The summed E-state index contributed by atoms with van der Waals surface area (Å²) in [5.41, 5.74) is 6.32. The van der Waals surface area contributed by atoms with E-state index in [1.54, 1.807) is 0 Å². The van der Waals surface area contributed by atoms with Gasteiger partial charge in [0.15, 0.2) is 0 Å². The molecule has 0 aliphatic heterocycles. The minimum atomic E-state index is 0.0973. The molecular formula is C12H24BrN. The smallest absolute Gasteiger partial charge is 0.0229 e. The zero-order valence-electron chi connectivity index (χ0n) is 9.61. The van der Waals surface area contributed by atoms with E-state index in [2.05, 4.69) is 29.8 Å². The van der Waals surface area contributed by atoms with Crippen LogP contribution in [0.2, 0.25) is 0 Å². The quantitative estimate of drug-likeness (QED) is 0.656. The van der Waals surface area contributed by atoms with Crippen molar-refractivity contribution in [3.63, 3.8) is 0 Å². The Morgan fingerprint density at radius 1 is 0.857 bits per heavy atom. The molecule has 1 nitrogen and oxygen atoms in total. The molecule has 0 saturated heterocycles. The Kier molecular flexibility index (Phi) is 4.45. The Morgan fingerprint density at radius 2 is 1.21 bits per heavy atom. The van der Waals surface area contributed by atoms with Crippen LogP contribution in [0.5, 0.6) is 0 Å². The molecule has 1 aliphatic rings. The van der Waals surface area contributed by atoms with Crippen LogP contribution in [-0.4, -0.2) is 9.86 Å². The predicted octanol–water partition coefficient (Wildman–Crippen LogP) is 3.99. The first kappa shape index (κ1) is 12.5. The summed E-state index contributed by atoms with van der Waals surface area (Å²) in [7, 11) is 0. The van der Waals surface area contributed by atoms with Gasteiger partial charge in [-0.3, -0.25) is 0 Å². The normalized spacial score (nSPS) is 42.0. The second kappa shape index (κ2) is 4.98. The highest BCUT2D eigenvalue weighted by Crippen LogP contribution is 2.33. The van der Waals surface area contributed by atoms with E-state index in [4.69, 9.17) is 5.73 Å². The van der Waals surface area contributed by atoms with Gasteiger partial charge in [0.05, 0.1) is 0 Å². The Balaban J connectivity index is 2.42. The average Bonchev–Trinajstić information content (AvgIpc) is 2.07. The summed E-state index contributed by atoms with van der Waals surface area (Å²) in [6, 6.07) is 0. The van der Waals surface area contributed by atoms with Gasteiger partial charge in [-0.05, 0) is 39.5 Å². The first-order valence-electron chi connectivity index (χ1n) is 5.89. The van der Waals surface area contributed by atoms with Gasteiger partial charge in [-0.2, -0.15) is 0 Å². The summed E-state index contributed by atoms with van der Waals surface area (Å²) in [4.78, 5) is 0. The van der Waals surface area contributed by atoms with E-state index in [1.807, 2.05) is 0 Å². The third-order valence-electron chi connectivity index (χ3n) is 3.39. The molecule has 2 heteroatoms. The molecule has 1 fully saturated rings.